The number of hydrogen-bond donors (Lipinski definition) is 1. The summed E-state index contributed by atoms with van der Waals surface area (Å²) in [4.78, 5) is 0. The zero-order valence-electron chi connectivity index (χ0n) is 11.0. The van der Waals surface area contributed by atoms with Crippen molar-refractivity contribution in [3.8, 4) is 5.75 Å². The Balaban J connectivity index is 1.98. The molecule has 0 saturated heterocycles. The third-order valence-corrected chi connectivity index (χ3v) is 2.80. The first-order chi connectivity index (χ1) is 9.29. The van der Waals surface area contributed by atoms with E-state index in [1.54, 1.807) is 18.2 Å². The molecule has 0 heterocycles. The summed E-state index contributed by atoms with van der Waals surface area (Å²) in [5.74, 6) is -0.0362. The molecule has 0 fully saturated rings. The van der Waals surface area contributed by atoms with Gasteiger partial charge in [0.15, 0.2) is 11.6 Å². The van der Waals surface area contributed by atoms with Crippen LogP contribution in [0.2, 0.25) is 0 Å². The third-order valence-electron chi connectivity index (χ3n) is 2.80. The maximum atomic E-state index is 13.4. The van der Waals surface area contributed by atoms with Crippen LogP contribution in [0.1, 0.15) is 18.1 Å². The molecule has 0 amide bonds. The highest BCUT2D eigenvalue weighted by Crippen LogP contribution is 2.17. The van der Waals surface area contributed by atoms with Gasteiger partial charge < -0.3 is 10.1 Å². The first kappa shape index (κ1) is 13.6. The lowest BCUT2D eigenvalue weighted by molar-refractivity contribution is 0.290. The second kappa shape index (κ2) is 6.90. The van der Waals surface area contributed by atoms with Crippen LogP contribution in [0, 0.1) is 5.82 Å². The van der Waals surface area contributed by atoms with Crippen molar-refractivity contribution < 1.29 is 9.13 Å². The normalized spacial score (nSPS) is 10.4. The summed E-state index contributed by atoms with van der Waals surface area (Å²) in [5, 5.41) is 3.27. The molecule has 2 aromatic carbocycles. The average molecular weight is 259 g/mol. The van der Waals surface area contributed by atoms with Gasteiger partial charge in [-0.15, -0.1) is 0 Å². The van der Waals surface area contributed by atoms with Crippen molar-refractivity contribution in [2.24, 2.45) is 0 Å². The molecule has 19 heavy (non-hydrogen) atoms. The minimum atomic E-state index is -0.327. The number of ether oxygens (including phenoxy) is 1. The second-order valence-electron chi connectivity index (χ2n) is 4.32. The Kier molecular flexibility index (Phi) is 4.93. The van der Waals surface area contributed by atoms with Crippen molar-refractivity contribution in [3.05, 3.63) is 65.5 Å². The smallest absolute Gasteiger partial charge is 0.165 e. The Hall–Kier alpha value is -1.87. The van der Waals surface area contributed by atoms with Crippen LogP contribution in [0.3, 0.4) is 0 Å². The van der Waals surface area contributed by atoms with E-state index in [1.807, 2.05) is 12.1 Å². The summed E-state index contributed by atoms with van der Waals surface area (Å²) in [5.41, 5.74) is 2.25. The maximum absolute atomic E-state index is 13.4. The van der Waals surface area contributed by atoms with E-state index in [-0.39, 0.29) is 5.82 Å². The van der Waals surface area contributed by atoms with E-state index in [0.29, 0.717) is 12.4 Å². The fourth-order valence-corrected chi connectivity index (χ4v) is 1.82. The molecule has 1 N–H and O–H groups in total. The lowest BCUT2D eigenvalue weighted by Gasteiger charge is -2.09. The molecule has 3 heteroatoms. The fraction of sp³-hybridized carbons (Fsp3) is 0.250. The topological polar surface area (TPSA) is 21.3 Å². The van der Waals surface area contributed by atoms with Crippen LogP contribution in [0.15, 0.2) is 48.5 Å². The Bertz CT molecular complexity index is 528. The Morgan fingerprint density at radius 1 is 1.05 bits per heavy atom. The molecule has 0 aromatic heterocycles. The Labute approximate surface area is 113 Å². The standard InChI is InChI=1S/C16H18FNO/c1-2-18-11-13-6-5-7-14(10-13)12-19-16-9-4-3-8-15(16)17/h3-10,18H,2,11-12H2,1H3. The van der Waals surface area contributed by atoms with Gasteiger partial charge in [-0.2, -0.15) is 0 Å². The van der Waals surface area contributed by atoms with Gasteiger partial charge in [-0.1, -0.05) is 43.3 Å². The summed E-state index contributed by atoms with van der Waals surface area (Å²) < 4.78 is 18.9. The van der Waals surface area contributed by atoms with Gasteiger partial charge in [0.05, 0.1) is 0 Å². The molecule has 100 valence electrons. The largest absolute Gasteiger partial charge is 0.486 e. The zero-order chi connectivity index (χ0) is 13.5. The van der Waals surface area contributed by atoms with Crippen molar-refractivity contribution in [3.63, 3.8) is 0 Å². The van der Waals surface area contributed by atoms with Crippen LogP contribution >= 0.6 is 0 Å². The highest BCUT2D eigenvalue weighted by molar-refractivity contribution is 5.26. The van der Waals surface area contributed by atoms with Crippen LogP contribution in [-0.4, -0.2) is 6.54 Å². The van der Waals surface area contributed by atoms with E-state index in [0.717, 1.165) is 18.7 Å². The molecule has 0 saturated carbocycles. The second-order valence-corrected chi connectivity index (χ2v) is 4.32. The molecule has 0 aliphatic carbocycles. The van der Waals surface area contributed by atoms with E-state index in [9.17, 15) is 4.39 Å². The zero-order valence-corrected chi connectivity index (χ0v) is 11.0. The maximum Gasteiger partial charge on any atom is 0.165 e. The van der Waals surface area contributed by atoms with Crippen LogP contribution in [0.5, 0.6) is 5.75 Å². The number of halogens is 1. The first-order valence-corrected chi connectivity index (χ1v) is 6.45. The molecule has 2 aromatic rings. The minimum absolute atomic E-state index is 0.291. The lowest BCUT2D eigenvalue weighted by atomic mass is 10.1. The Morgan fingerprint density at radius 3 is 2.63 bits per heavy atom. The van der Waals surface area contributed by atoms with E-state index < -0.39 is 0 Å². The summed E-state index contributed by atoms with van der Waals surface area (Å²) in [7, 11) is 0. The number of nitrogens with one attached hydrogen (secondary N) is 1. The summed E-state index contributed by atoms with van der Waals surface area (Å²) in [6, 6.07) is 14.6. The molecule has 0 aliphatic heterocycles. The van der Waals surface area contributed by atoms with Gasteiger partial charge in [-0.3, -0.25) is 0 Å². The molecule has 0 atom stereocenters. The molecular weight excluding hydrogens is 241 g/mol. The number of rotatable bonds is 6. The predicted octanol–water partition coefficient (Wildman–Crippen LogP) is 3.51. The third kappa shape index (κ3) is 4.07. The van der Waals surface area contributed by atoms with Gasteiger partial charge in [0.1, 0.15) is 6.61 Å². The monoisotopic (exact) mass is 259 g/mol. The summed E-state index contributed by atoms with van der Waals surface area (Å²) in [6.45, 7) is 4.23. The number of para-hydroxylation sites is 1. The van der Waals surface area contributed by atoms with E-state index in [2.05, 4.69) is 24.4 Å². The minimum Gasteiger partial charge on any atom is -0.486 e. The van der Waals surface area contributed by atoms with Gasteiger partial charge in [0.2, 0.25) is 0 Å². The van der Waals surface area contributed by atoms with Gasteiger partial charge in [0, 0.05) is 6.54 Å². The molecule has 2 rings (SSSR count). The quantitative estimate of drug-likeness (QED) is 0.857. The van der Waals surface area contributed by atoms with Crippen molar-refractivity contribution in [2.45, 2.75) is 20.1 Å². The lowest BCUT2D eigenvalue weighted by Crippen LogP contribution is -2.11. The van der Waals surface area contributed by atoms with Gasteiger partial charge in [-0.05, 0) is 29.8 Å². The van der Waals surface area contributed by atoms with Crippen LogP contribution in [0.4, 0.5) is 4.39 Å². The summed E-state index contributed by atoms with van der Waals surface area (Å²) >= 11 is 0. The van der Waals surface area contributed by atoms with Crippen molar-refractivity contribution >= 4 is 0 Å². The number of benzene rings is 2. The molecule has 2 nitrogen and oxygen atoms in total. The summed E-state index contributed by atoms with van der Waals surface area (Å²) in [6.07, 6.45) is 0. The molecule has 0 aliphatic rings. The van der Waals surface area contributed by atoms with Crippen molar-refractivity contribution in [2.75, 3.05) is 6.54 Å². The molecule has 0 spiro atoms. The number of hydrogen-bond acceptors (Lipinski definition) is 2. The Morgan fingerprint density at radius 2 is 1.84 bits per heavy atom. The van der Waals surface area contributed by atoms with Gasteiger partial charge in [0.25, 0.3) is 0 Å². The van der Waals surface area contributed by atoms with Crippen LogP contribution < -0.4 is 10.1 Å². The van der Waals surface area contributed by atoms with Gasteiger partial charge >= 0.3 is 0 Å². The van der Waals surface area contributed by atoms with E-state index in [1.165, 1.54) is 11.6 Å². The average Bonchev–Trinajstić information content (AvgIpc) is 2.45. The van der Waals surface area contributed by atoms with E-state index >= 15 is 0 Å². The van der Waals surface area contributed by atoms with Crippen LogP contribution in [-0.2, 0) is 13.2 Å². The highest BCUT2D eigenvalue weighted by atomic mass is 19.1. The molecule has 0 bridgehead atoms. The molecular formula is C16H18FNO. The van der Waals surface area contributed by atoms with Crippen molar-refractivity contribution in [1.82, 2.24) is 5.32 Å². The molecule has 0 unspecified atom stereocenters. The van der Waals surface area contributed by atoms with Crippen LogP contribution in [0.25, 0.3) is 0 Å². The van der Waals surface area contributed by atoms with Crippen molar-refractivity contribution in [1.29, 1.82) is 0 Å². The molecule has 0 radical (unpaired) electrons. The highest BCUT2D eigenvalue weighted by Gasteiger charge is 2.02. The SMILES string of the molecule is CCNCc1cccc(COc2ccccc2F)c1. The predicted molar refractivity (Wildman–Crippen MR) is 74.6 cm³/mol. The first-order valence-electron chi connectivity index (χ1n) is 6.45. The van der Waals surface area contributed by atoms with E-state index in [4.69, 9.17) is 4.74 Å². The fourth-order valence-electron chi connectivity index (χ4n) is 1.82. The van der Waals surface area contributed by atoms with Gasteiger partial charge in [-0.25, -0.2) is 4.39 Å².